The average Bonchev–Trinajstić information content (AvgIpc) is 2.59. The molecule has 0 aliphatic carbocycles. The number of para-hydroxylation sites is 1. The molecule has 0 amide bonds. The average molecular weight is 204 g/mol. The van der Waals surface area contributed by atoms with Crippen LogP contribution in [0.2, 0.25) is 0 Å². The zero-order valence-electron chi connectivity index (χ0n) is 8.69. The lowest BCUT2D eigenvalue weighted by atomic mass is 10.2. The number of esters is 1. The van der Waals surface area contributed by atoms with Gasteiger partial charge in [0, 0.05) is 12.3 Å². The molecule has 0 saturated heterocycles. The van der Waals surface area contributed by atoms with E-state index in [2.05, 4.69) is 0 Å². The number of carbonyl (C=O) groups is 1. The molecule has 1 atom stereocenters. The third kappa shape index (κ3) is 2.01. The predicted molar refractivity (Wildman–Crippen MR) is 56.4 cm³/mol. The predicted octanol–water partition coefficient (Wildman–Crippen LogP) is 3.06. The zero-order chi connectivity index (χ0) is 10.8. The van der Waals surface area contributed by atoms with Crippen LogP contribution in [0.15, 0.2) is 34.7 Å². The monoisotopic (exact) mass is 204 g/mol. The van der Waals surface area contributed by atoms with Gasteiger partial charge < -0.3 is 9.15 Å². The van der Waals surface area contributed by atoms with Crippen LogP contribution in [0, 0.1) is 0 Å². The van der Waals surface area contributed by atoms with Crippen molar-refractivity contribution >= 4 is 16.9 Å². The van der Waals surface area contributed by atoms with Gasteiger partial charge in [0.05, 0.1) is 0 Å². The first-order chi connectivity index (χ1) is 7.16. The fourth-order valence-electron chi connectivity index (χ4n) is 1.51. The summed E-state index contributed by atoms with van der Waals surface area (Å²) < 4.78 is 10.6. The van der Waals surface area contributed by atoms with E-state index in [-0.39, 0.29) is 12.1 Å². The van der Waals surface area contributed by atoms with Crippen LogP contribution in [0.25, 0.3) is 11.0 Å². The van der Waals surface area contributed by atoms with Gasteiger partial charge in [0.15, 0.2) is 6.10 Å². The Labute approximate surface area is 87.6 Å². The number of fused-ring (bicyclic) bond motifs is 1. The van der Waals surface area contributed by atoms with Gasteiger partial charge in [-0.15, -0.1) is 0 Å². The number of furan rings is 1. The first-order valence-electron chi connectivity index (χ1n) is 4.82. The summed E-state index contributed by atoms with van der Waals surface area (Å²) in [4.78, 5) is 10.8. The Bertz CT molecular complexity index is 451. The van der Waals surface area contributed by atoms with Gasteiger partial charge in [-0.25, -0.2) is 0 Å². The van der Waals surface area contributed by atoms with E-state index in [1.165, 1.54) is 6.92 Å². The Balaban J connectivity index is 2.32. The molecule has 0 N–H and O–H groups in total. The van der Waals surface area contributed by atoms with Gasteiger partial charge in [0.25, 0.3) is 0 Å². The minimum Gasteiger partial charge on any atom is -0.457 e. The highest BCUT2D eigenvalue weighted by molar-refractivity contribution is 5.77. The highest BCUT2D eigenvalue weighted by Gasteiger charge is 2.13. The van der Waals surface area contributed by atoms with E-state index in [0.717, 1.165) is 11.0 Å². The summed E-state index contributed by atoms with van der Waals surface area (Å²) >= 11 is 0. The lowest BCUT2D eigenvalue weighted by Crippen LogP contribution is -2.03. The van der Waals surface area contributed by atoms with Crippen molar-refractivity contribution in [3.63, 3.8) is 0 Å². The Hall–Kier alpha value is -1.77. The molecule has 0 aliphatic rings. The smallest absolute Gasteiger partial charge is 0.303 e. The van der Waals surface area contributed by atoms with E-state index in [0.29, 0.717) is 5.76 Å². The molecule has 2 aromatic rings. The maximum Gasteiger partial charge on any atom is 0.303 e. The summed E-state index contributed by atoms with van der Waals surface area (Å²) in [6.07, 6.45) is -0.338. The quantitative estimate of drug-likeness (QED) is 0.706. The van der Waals surface area contributed by atoms with Crippen LogP contribution in [0.5, 0.6) is 0 Å². The van der Waals surface area contributed by atoms with Crippen LogP contribution in [0.1, 0.15) is 25.7 Å². The van der Waals surface area contributed by atoms with Crippen molar-refractivity contribution in [1.29, 1.82) is 0 Å². The van der Waals surface area contributed by atoms with Crippen molar-refractivity contribution in [2.24, 2.45) is 0 Å². The first kappa shape index (κ1) is 9.77. The Kier molecular flexibility index (Phi) is 2.46. The molecule has 78 valence electrons. The molecular formula is C12H12O3. The van der Waals surface area contributed by atoms with Gasteiger partial charge in [0.1, 0.15) is 11.3 Å². The number of hydrogen-bond acceptors (Lipinski definition) is 3. The van der Waals surface area contributed by atoms with Crippen LogP contribution in [-0.2, 0) is 9.53 Å². The van der Waals surface area contributed by atoms with Gasteiger partial charge in [-0.05, 0) is 19.1 Å². The lowest BCUT2D eigenvalue weighted by Gasteiger charge is -2.07. The zero-order valence-corrected chi connectivity index (χ0v) is 8.69. The summed E-state index contributed by atoms with van der Waals surface area (Å²) in [5.41, 5.74) is 0.812. The maximum atomic E-state index is 10.8. The number of hydrogen-bond donors (Lipinski definition) is 0. The largest absolute Gasteiger partial charge is 0.457 e. The highest BCUT2D eigenvalue weighted by atomic mass is 16.5. The second-order valence-corrected chi connectivity index (χ2v) is 3.44. The normalized spacial score (nSPS) is 12.7. The van der Waals surface area contributed by atoms with Crippen molar-refractivity contribution < 1.29 is 13.9 Å². The van der Waals surface area contributed by atoms with Crippen LogP contribution in [0.3, 0.4) is 0 Å². The summed E-state index contributed by atoms with van der Waals surface area (Å²) in [7, 11) is 0. The molecule has 3 heteroatoms. The number of benzene rings is 1. The molecule has 0 spiro atoms. The Morgan fingerprint density at radius 2 is 2.13 bits per heavy atom. The van der Waals surface area contributed by atoms with Gasteiger partial charge in [-0.3, -0.25) is 4.79 Å². The summed E-state index contributed by atoms with van der Waals surface area (Å²) in [5, 5.41) is 1.02. The minimum atomic E-state index is -0.338. The van der Waals surface area contributed by atoms with Gasteiger partial charge >= 0.3 is 5.97 Å². The third-order valence-electron chi connectivity index (χ3n) is 2.19. The van der Waals surface area contributed by atoms with Crippen molar-refractivity contribution in [2.45, 2.75) is 20.0 Å². The lowest BCUT2D eigenvalue weighted by molar-refractivity contribution is -0.146. The molecule has 0 saturated carbocycles. The molecule has 1 aromatic heterocycles. The van der Waals surface area contributed by atoms with E-state index in [1.54, 1.807) is 6.92 Å². The van der Waals surface area contributed by atoms with E-state index >= 15 is 0 Å². The van der Waals surface area contributed by atoms with Crippen LogP contribution >= 0.6 is 0 Å². The molecule has 0 aliphatic heterocycles. The molecular weight excluding hydrogens is 192 g/mol. The van der Waals surface area contributed by atoms with E-state index < -0.39 is 0 Å². The standard InChI is InChI=1S/C12H12O3/c1-8(14-9(2)13)12-7-10-5-3-4-6-11(10)15-12/h3-8H,1-2H3. The van der Waals surface area contributed by atoms with Crippen molar-refractivity contribution in [2.75, 3.05) is 0 Å². The van der Waals surface area contributed by atoms with E-state index in [4.69, 9.17) is 9.15 Å². The summed E-state index contributed by atoms with van der Waals surface area (Å²) in [6.45, 7) is 3.18. The Morgan fingerprint density at radius 1 is 1.40 bits per heavy atom. The third-order valence-corrected chi connectivity index (χ3v) is 2.19. The number of rotatable bonds is 2. The van der Waals surface area contributed by atoms with Gasteiger partial charge in [-0.2, -0.15) is 0 Å². The number of ether oxygens (including phenoxy) is 1. The molecule has 1 unspecified atom stereocenters. The molecule has 0 fully saturated rings. The molecule has 15 heavy (non-hydrogen) atoms. The number of carbonyl (C=O) groups excluding carboxylic acids is 1. The molecule has 0 bridgehead atoms. The second kappa shape index (κ2) is 3.77. The van der Waals surface area contributed by atoms with Crippen molar-refractivity contribution in [3.8, 4) is 0 Å². The van der Waals surface area contributed by atoms with Crippen LogP contribution < -0.4 is 0 Å². The van der Waals surface area contributed by atoms with Crippen LogP contribution in [0.4, 0.5) is 0 Å². The topological polar surface area (TPSA) is 39.4 Å². The molecule has 3 nitrogen and oxygen atoms in total. The van der Waals surface area contributed by atoms with Crippen LogP contribution in [-0.4, -0.2) is 5.97 Å². The molecule has 1 aromatic carbocycles. The SMILES string of the molecule is CC(=O)OC(C)c1cc2ccccc2o1. The summed E-state index contributed by atoms with van der Waals surface area (Å²) in [6, 6.07) is 9.59. The van der Waals surface area contributed by atoms with Crippen molar-refractivity contribution in [3.05, 3.63) is 36.1 Å². The molecule has 0 radical (unpaired) electrons. The minimum absolute atomic E-state index is 0.303. The van der Waals surface area contributed by atoms with Gasteiger partial charge in [0.2, 0.25) is 0 Å². The highest BCUT2D eigenvalue weighted by Crippen LogP contribution is 2.25. The van der Waals surface area contributed by atoms with Crippen molar-refractivity contribution in [1.82, 2.24) is 0 Å². The molecule has 1 heterocycles. The Morgan fingerprint density at radius 3 is 2.80 bits per heavy atom. The fraction of sp³-hybridized carbons (Fsp3) is 0.250. The summed E-state index contributed by atoms with van der Waals surface area (Å²) in [5.74, 6) is 0.370. The first-order valence-corrected chi connectivity index (χ1v) is 4.82. The second-order valence-electron chi connectivity index (χ2n) is 3.44. The van der Waals surface area contributed by atoms with Gasteiger partial charge in [-0.1, -0.05) is 18.2 Å². The van der Waals surface area contributed by atoms with E-state index in [9.17, 15) is 4.79 Å². The van der Waals surface area contributed by atoms with E-state index in [1.807, 2.05) is 30.3 Å². The fourth-order valence-corrected chi connectivity index (χ4v) is 1.51. The molecule has 2 rings (SSSR count). The maximum absolute atomic E-state index is 10.8.